The van der Waals surface area contributed by atoms with E-state index in [1.54, 1.807) is 0 Å². The van der Waals surface area contributed by atoms with E-state index >= 15 is 0 Å². The van der Waals surface area contributed by atoms with Crippen molar-refractivity contribution in [3.05, 3.63) is 0 Å². The largest absolute Gasteiger partial charge is 0.444 e. The van der Waals surface area contributed by atoms with Gasteiger partial charge in [-0.1, -0.05) is 0 Å². The van der Waals surface area contributed by atoms with Gasteiger partial charge >= 0.3 is 6.09 Å². The first-order valence-corrected chi connectivity index (χ1v) is 10.9. The highest BCUT2D eigenvalue weighted by atomic mass is 16.6. The van der Waals surface area contributed by atoms with E-state index in [2.05, 4.69) is 10.2 Å². The quantitative estimate of drug-likeness (QED) is 0.791. The molecule has 0 spiro atoms. The summed E-state index contributed by atoms with van der Waals surface area (Å²) in [5.41, 5.74) is -0.453. The lowest BCUT2D eigenvalue weighted by Crippen LogP contribution is -2.48. The van der Waals surface area contributed by atoms with Crippen molar-refractivity contribution in [2.75, 3.05) is 39.3 Å². The molecule has 3 rings (SSSR count). The highest BCUT2D eigenvalue weighted by Crippen LogP contribution is 2.23. The molecule has 1 atom stereocenters. The Balaban J connectivity index is 1.32. The van der Waals surface area contributed by atoms with Crippen LogP contribution < -0.4 is 5.32 Å². The maximum Gasteiger partial charge on any atom is 0.407 e. The first kappa shape index (κ1) is 21.4. The van der Waals surface area contributed by atoms with Gasteiger partial charge in [-0.3, -0.25) is 4.79 Å². The predicted molar refractivity (Wildman–Crippen MR) is 107 cm³/mol. The fraction of sp³-hybridized carbons (Fsp3) is 0.905. The van der Waals surface area contributed by atoms with Crippen molar-refractivity contribution >= 4 is 12.0 Å². The number of ether oxygens (including phenoxy) is 2. The number of rotatable bonds is 4. The Hall–Kier alpha value is -1.34. The highest BCUT2D eigenvalue weighted by molar-refractivity contribution is 5.81. The number of piperidine rings is 2. The van der Waals surface area contributed by atoms with Gasteiger partial charge in [-0.25, -0.2) is 4.79 Å². The van der Waals surface area contributed by atoms with Crippen molar-refractivity contribution < 1.29 is 19.1 Å². The third kappa shape index (κ3) is 6.34. The van der Waals surface area contributed by atoms with Crippen molar-refractivity contribution in [3.63, 3.8) is 0 Å². The number of nitrogens with zero attached hydrogens (tertiary/aromatic N) is 2. The third-order valence-electron chi connectivity index (χ3n) is 5.96. The summed E-state index contributed by atoms with van der Waals surface area (Å²) < 4.78 is 10.9. The minimum atomic E-state index is -0.453. The van der Waals surface area contributed by atoms with Crippen molar-refractivity contribution in [2.24, 2.45) is 5.92 Å². The topological polar surface area (TPSA) is 71.1 Å². The van der Waals surface area contributed by atoms with Gasteiger partial charge < -0.3 is 24.6 Å². The van der Waals surface area contributed by atoms with Crippen LogP contribution in [0.15, 0.2) is 0 Å². The minimum Gasteiger partial charge on any atom is -0.444 e. The van der Waals surface area contributed by atoms with Gasteiger partial charge in [0.1, 0.15) is 11.7 Å². The zero-order chi connectivity index (χ0) is 20.1. The second-order valence-electron chi connectivity index (χ2n) is 9.49. The molecule has 7 nitrogen and oxygen atoms in total. The number of carbonyl (C=O) groups is 2. The molecule has 7 heteroatoms. The molecule has 0 aromatic carbocycles. The Morgan fingerprint density at radius 3 is 2.29 bits per heavy atom. The Morgan fingerprint density at radius 1 is 1.04 bits per heavy atom. The van der Waals surface area contributed by atoms with E-state index in [9.17, 15) is 9.59 Å². The van der Waals surface area contributed by atoms with Crippen LogP contribution in [0.3, 0.4) is 0 Å². The zero-order valence-electron chi connectivity index (χ0n) is 17.7. The van der Waals surface area contributed by atoms with E-state index < -0.39 is 5.60 Å². The van der Waals surface area contributed by atoms with Gasteiger partial charge in [0, 0.05) is 45.4 Å². The van der Waals surface area contributed by atoms with Gasteiger partial charge in [-0.15, -0.1) is 0 Å². The second kappa shape index (κ2) is 9.44. The smallest absolute Gasteiger partial charge is 0.407 e. The summed E-state index contributed by atoms with van der Waals surface area (Å²) in [6, 6.07) is 0.206. The summed E-state index contributed by atoms with van der Waals surface area (Å²) in [4.78, 5) is 28.9. The highest BCUT2D eigenvalue weighted by Gasteiger charge is 2.32. The molecule has 0 saturated carbocycles. The van der Waals surface area contributed by atoms with Crippen LogP contribution in [-0.4, -0.2) is 78.9 Å². The summed E-state index contributed by atoms with van der Waals surface area (Å²) >= 11 is 0. The lowest BCUT2D eigenvalue weighted by molar-refractivity contribution is -0.142. The molecular weight excluding hydrogens is 358 g/mol. The molecule has 2 amide bonds. The maximum absolute atomic E-state index is 12.5. The van der Waals surface area contributed by atoms with Gasteiger partial charge in [0.05, 0.1) is 0 Å². The number of hydrogen-bond donors (Lipinski definition) is 1. The van der Waals surface area contributed by atoms with Gasteiger partial charge in [-0.05, 0) is 65.2 Å². The fourth-order valence-electron chi connectivity index (χ4n) is 4.41. The maximum atomic E-state index is 12.5. The van der Waals surface area contributed by atoms with Crippen LogP contribution in [0.4, 0.5) is 4.79 Å². The number of alkyl carbamates (subject to hydrolysis) is 1. The first-order valence-electron chi connectivity index (χ1n) is 10.9. The number of amides is 2. The molecule has 0 bridgehead atoms. The van der Waals surface area contributed by atoms with Crippen molar-refractivity contribution in [2.45, 2.75) is 77.0 Å². The lowest BCUT2D eigenvalue weighted by atomic mass is 9.94. The molecular formula is C21H37N3O4. The first-order chi connectivity index (χ1) is 13.3. The third-order valence-corrected chi connectivity index (χ3v) is 5.96. The summed E-state index contributed by atoms with van der Waals surface area (Å²) in [5, 5.41) is 3.00. The van der Waals surface area contributed by atoms with E-state index in [1.165, 1.54) is 0 Å². The predicted octanol–water partition coefficient (Wildman–Crippen LogP) is 2.39. The molecule has 0 radical (unpaired) electrons. The van der Waals surface area contributed by atoms with Crippen molar-refractivity contribution in [1.82, 2.24) is 15.1 Å². The van der Waals surface area contributed by atoms with E-state index in [4.69, 9.17) is 9.47 Å². The van der Waals surface area contributed by atoms with E-state index in [-0.39, 0.29) is 24.1 Å². The van der Waals surface area contributed by atoms with Crippen LogP contribution in [-0.2, 0) is 14.3 Å². The zero-order valence-corrected chi connectivity index (χ0v) is 17.7. The lowest BCUT2D eigenvalue weighted by Gasteiger charge is -2.38. The number of hydrogen-bond acceptors (Lipinski definition) is 5. The minimum absolute atomic E-state index is 0.187. The Labute approximate surface area is 169 Å². The van der Waals surface area contributed by atoms with Crippen LogP contribution >= 0.6 is 0 Å². The molecule has 3 saturated heterocycles. The van der Waals surface area contributed by atoms with Crippen LogP contribution in [0.25, 0.3) is 0 Å². The summed E-state index contributed by atoms with van der Waals surface area (Å²) in [7, 11) is 0. The number of carbonyl (C=O) groups excluding carboxylic acids is 2. The van der Waals surface area contributed by atoms with Gasteiger partial charge in [-0.2, -0.15) is 0 Å². The van der Waals surface area contributed by atoms with E-state index in [0.29, 0.717) is 5.92 Å². The molecule has 0 aromatic rings. The molecule has 3 aliphatic rings. The normalized spacial score (nSPS) is 25.7. The fourth-order valence-corrected chi connectivity index (χ4v) is 4.41. The van der Waals surface area contributed by atoms with Crippen LogP contribution in [0.1, 0.15) is 59.3 Å². The molecule has 3 fully saturated rings. The molecule has 1 N–H and O–H groups in total. The van der Waals surface area contributed by atoms with Gasteiger partial charge in [0.2, 0.25) is 0 Å². The van der Waals surface area contributed by atoms with Crippen molar-refractivity contribution in [1.29, 1.82) is 0 Å². The van der Waals surface area contributed by atoms with E-state index in [0.717, 1.165) is 77.9 Å². The molecule has 0 unspecified atom stereocenters. The summed E-state index contributed by atoms with van der Waals surface area (Å²) in [6.07, 6.45) is 5.48. The van der Waals surface area contributed by atoms with E-state index in [1.807, 2.05) is 25.7 Å². The Kier molecular flexibility index (Phi) is 7.20. The molecule has 0 aliphatic carbocycles. The monoisotopic (exact) mass is 395 g/mol. The molecule has 3 heterocycles. The molecule has 28 heavy (non-hydrogen) atoms. The van der Waals surface area contributed by atoms with Crippen molar-refractivity contribution in [3.8, 4) is 0 Å². The summed E-state index contributed by atoms with van der Waals surface area (Å²) in [5.74, 6) is 0.855. The standard InChI is InChI=1S/C21H37N3O4/c1-21(2,3)28-20(26)22-17-8-10-23(11-9-17)15-16-6-12-24(13-7-16)19(25)18-5-4-14-27-18/h16-18H,4-15H2,1-3H3,(H,22,26)/t18-/m0/s1. The molecule has 0 aromatic heterocycles. The number of likely N-dealkylation sites (tertiary alicyclic amines) is 2. The number of nitrogens with one attached hydrogen (secondary N) is 1. The average Bonchev–Trinajstić information content (AvgIpc) is 3.16. The average molecular weight is 396 g/mol. The van der Waals surface area contributed by atoms with Gasteiger partial charge in [0.15, 0.2) is 0 Å². The molecule has 160 valence electrons. The van der Waals surface area contributed by atoms with Gasteiger partial charge in [0.25, 0.3) is 5.91 Å². The SMILES string of the molecule is CC(C)(C)OC(=O)NC1CCN(CC2CCN(C(=O)[C@@H]3CCCO3)CC2)CC1. The summed E-state index contributed by atoms with van der Waals surface area (Å²) in [6.45, 7) is 11.2. The second-order valence-corrected chi connectivity index (χ2v) is 9.49. The molecule has 3 aliphatic heterocycles. The Bertz CT molecular complexity index is 526. The van der Waals surface area contributed by atoms with Crippen LogP contribution in [0.5, 0.6) is 0 Å². The Morgan fingerprint density at radius 2 is 1.71 bits per heavy atom. The van der Waals surface area contributed by atoms with Crippen LogP contribution in [0.2, 0.25) is 0 Å². The van der Waals surface area contributed by atoms with Crippen LogP contribution in [0, 0.1) is 5.92 Å².